The number of aryl methyl sites for hydroxylation is 1. The molecule has 0 bridgehead atoms. The van der Waals surface area contributed by atoms with Crippen LogP contribution in [-0.2, 0) is 11.8 Å². The van der Waals surface area contributed by atoms with Crippen LogP contribution >= 0.6 is 0 Å². The van der Waals surface area contributed by atoms with Gasteiger partial charge in [0.05, 0.1) is 11.8 Å². The van der Waals surface area contributed by atoms with E-state index in [0.29, 0.717) is 23.4 Å². The number of nitrogens with zero attached hydrogens (tertiary/aromatic N) is 4. The van der Waals surface area contributed by atoms with Crippen molar-refractivity contribution in [2.75, 3.05) is 24.3 Å². The van der Waals surface area contributed by atoms with Gasteiger partial charge in [-0.2, -0.15) is 5.10 Å². The number of nitrogens with two attached hydrogens (primary N) is 1. The Morgan fingerprint density at radius 2 is 2.09 bits per heavy atom. The molecule has 0 saturated heterocycles. The van der Waals surface area contributed by atoms with Crippen LogP contribution in [0, 0.1) is 5.92 Å². The van der Waals surface area contributed by atoms with Crippen molar-refractivity contribution in [3.05, 3.63) is 42.2 Å². The number of oxazole rings is 1. The highest BCUT2D eigenvalue weighted by atomic mass is 16.5. The summed E-state index contributed by atoms with van der Waals surface area (Å²) in [6.45, 7) is 0.833. The van der Waals surface area contributed by atoms with Crippen molar-refractivity contribution in [2.45, 2.75) is 31.8 Å². The van der Waals surface area contributed by atoms with Gasteiger partial charge in [0.1, 0.15) is 12.1 Å². The average molecular weight is 454 g/mol. The first kappa shape index (κ1) is 22.5. The number of carbonyl (C=O) groups is 2. The summed E-state index contributed by atoms with van der Waals surface area (Å²) in [6, 6.07) is 3.59. The summed E-state index contributed by atoms with van der Waals surface area (Å²) in [5.74, 6) is 0.297. The van der Waals surface area contributed by atoms with E-state index in [1.807, 2.05) is 6.07 Å². The number of methoxy groups -OCH3 is 1. The third-order valence-electron chi connectivity index (χ3n) is 5.75. The van der Waals surface area contributed by atoms with E-state index in [1.54, 1.807) is 26.4 Å². The van der Waals surface area contributed by atoms with Crippen molar-refractivity contribution in [3.8, 4) is 11.5 Å². The number of rotatable bonds is 8. The number of amides is 2. The lowest BCUT2D eigenvalue weighted by atomic mass is 9.87. The number of hydrogen-bond donors (Lipinski definition) is 3. The average Bonchev–Trinajstić information content (AvgIpc) is 3.45. The van der Waals surface area contributed by atoms with Gasteiger partial charge in [0.2, 0.25) is 5.89 Å². The zero-order valence-corrected chi connectivity index (χ0v) is 18.6. The quantitative estimate of drug-likeness (QED) is 0.471. The van der Waals surface area contributed by atoms with Crippen LogP contribution in [0.2, 0.25) is 0 Å². The molecule has 0 unspecified atom stereocenters. The van der Waals surface area contributed by atoms with Crippen molar-refractivity contribution in [3.63, 3.8) is 0 Å². The molecule has 0 radical (unpaired) electrons. The number of primary amides is 1. The molecule has 11 heteroatoms. The summed E-state index contributed by atoms with van der Waals surface area (Å²) < 4.78 is 12.3. The van der Waals surface area contributed by atoms with E-state index in [9.17, 15) is 9.59 Å². The molecule has 3 aromatic heterocycles. The fraction of sp³-hybridized carbons (Fsp3) is 0.409. The maximum absolute atomic E-state index is 12.6. The molecule has 2 amide bonds. The number of anilines is 2. The normalized spacial score (nSPS) is 18.1. The molecule has 0 aliphatic heterocycles. The largest absolute Gasteiger partial charge is 0.444 e. The summed E-state index contributed by atoms with van der Waals surface area (Å²) in [4.78, 5) is 32.7. The van der Waals surface area contributed by atoms with Crippen LogP contribution < -0.4 is 16.4 Å². The Bertz CT molecular complexity index is 1130. The summed E-state index contributed by atoms with van der Waals surface area (Å²) in [7, 11) is 3.39. The Hall–Kier alpha value is -3.73. The second-order valence-corrected chi connectivity index (χ2v) is 8.11. The highest BCUT2D eigenvalue weighted by Crippen LogP contribution is 2.27. The SMILES string of the molecule is COC1CCC(CNc2cc(-c3nc(C(=O)Nc4cn(C)nc4C(N)=O)co3)ccn2)CC1. The topological polar surface area (TPSA) is 150 Å². The molecule has 0 aromatic carbocycles. The van der Waals surface area contributed by atoms with Crippen LogP contribution in [0.1, 0.15) is 46.7 Å². The first-order valence-electron chi connectivity index (χ1n) is 10.8. The number of hydrogen-bond acceptors (Lipinski definition) is 8. The van der Waals surface area contributed by atoms with E-state index in [4.69, 9.17) is 14.9 Å². The molecule has 1 aliphatic carbocycles. The maximum Gasteiger partial charge on any atom is 0.277 e. The van der Waals surface area contributed by atoms with Crippen LogP contribution in [0.5, 0.6) is 0 Å². The van der Waals surface area contributed by atoms with E-state index in [-0.39, 0.29) is 23.0 Å². The van der Waals surface area contributed by atoms with Crippen LogP contribution in [0.15, 0.2) is 35.2 Å². The fourth-order valence-corrected chi connectivity index (χ4v) is 3.94. The van der Waals surface area contributed by atoms with Gasteiger partial charge in [-0.3, -0.25) is 14.3 Å². The Morgan fingerprint density at radius 3 is 2.82 bits per heavy atom. The molecule has 33 heavy (non-hydrogen) atoms. The van der Waals surface area contributed by atoms with E-state index < -0.39 is 11.8 Å². The van der Waals surface area contributed by atoms with Crippen molar-refractivity contribution >= 4 is 23.3 Å². The number of pyridine rings is 1. The van der Waals surface area contributed by atoms with Crippen molar-refractivity contribution < 1.29 is 18.7 Å². The fourth-order valence-electron chi connectivity index (χ4n) is 3.94. The molecular formula is C22H27N7O4. The predicted molar refractivity (Wildman–Crippen MR) is 121 cm³/mol. The molecule has 0 spiro atoms. The Morgan fingerprint density at radius 1 is 1.30 bits per heavy atom. The second kappa shape index (κ2) is 9.82. The Balaban J connectivity index is 1.39. The van der Waals surface area contributed by atoms with E-state index in [2.05, 4.69) is 25.7 Å². The first-order valence-corrected chi connectivity index (χ1v) is 10.8. The molecule has 11 nitrogen and oxygen atoms in total. The van der Waals surface area contributed by atoms with E-state index >= 15 is 0 Å². The lowest BCUT2D eigenvalue weighted by Gasteiger charge is -2.27. The maximum atomic E-state index is 12.6. The molecular weight excluding hydrogens is 426 g/mol. The van der Waals surface area contributed by atoms with E-state index in [0.717, 1.165) is 32.2 Å². The predicted octanol–water partition coefficient (Wildman–Crippen LogP) is 2.44. The second-order valence-electron chi connectivity index (χ2n) is 8.11. The molecule has 3 aromatic rings. The molecule has 1 saturated carbocycles. The van der Waals surface area contributed by atoms with E-state index in [1.165, 1.54) is 17.1 Å². The van der Waals surface area contributed by atoms with Crippen LogP contribution in [0.25, 0.3) is 11.5 Å². The molecule has 0 atom stereocenters. The molecule has 4 N–H and O–H groups in total. The van der Waals surface area contributed by atoms with Crippen molar-refractivity contribution in [1.29, 1.82) is 0 Å². The third-order valence-corrected chi connectivity index (χ3v) is 5.75. The standard InChI is InChI=1S/C22H27N7O4/c1-29-11-16(19(28-29)20(23)30)26-21(31)17-12-33-22(27-17)14-7-8-24-18(9-14)25-10-13-3-5-15(32-2)6-4-13/h7-9,11-13,15H,3-6,10H2,1-2H3,(H2,23,30)(H,24,25)(H,26,31). The van der Waals surface area contributed by atoms with Gasteiger partial charge >= 0.3 is 0 Å². The number of ether oxygens (including phenoxy) is 1. The zero-order chi connectivity index (χ0) is 23.4. The molecule has 3 heterocycles. The van der Waals surface area contributed by atoms with Crippen molar-refractivity contribution in [1.82, 2.24) is 19.7 Å². The Kier molecular flexibility index (Phi) is 6.68. The van der Waals surface area contributed by atoms with Crippen LogP contribution in [0.4, 0.5) is 11.5 Å². The third kappa shape index (κ3) is 5.37. The number of aromatic nitrogens is 4. The first-order chi connectivity index (χ1) is 15.9. The van der Waals surface area contributed by atoms with Gasteiger partial charge in [0, 0.05) is 38.7 Å². The summed E-state index contributed by atoms with van der Waals surface area (Å²) in [5, 5.41) is 9.92. The Labute approximate surface area is 190 Å². The van der Waals surface area contributed by atoms with Gasteiger partial charge in [-0.1, -0.05) is 0 Å². The molecule has 174 valence electrons. The van der Waals surface area contributed by atoms with Gasteiger partial charge in [-0.05, 0) is 43.7 Å². The smallest absolute Gasteiger partial charge is 0.277 e. The van der Waals surface area contributed by atoms with Crippen LogP contribution in [0.3, 0.4) is 0 Å². The highest BCUT2D eigenvalue weighted by molar-refractivity contribution is 6.07. The van der Waals surface area contributed by atoms with Gasteiger partial charge in [0.15, 0.2) is 11.4 Å². The summed E-state index contributed by atoms with van der Waals surface area (Å²) >= 11 is 0. The number of carbonyl (C=O) groups excluding carboxylic acids is 2. The minimum absolute atomic E-state index is 0.0323. The lowest BCUT2D eigenvalue weighted by molar-refractivity contribution is 0.0585. The monoisotopic (exact) mass is 453 g/mol. The van der Waals surface area contributed by atoms with Gasteiger partial charge in [0.25, 0.3) is 11.8 Å². The van der Waals surface area contributed by atoms with Crippen molar-refractivity contribution in [2.24, 2.45) is 18.7 Å². The summed E-state index contributed by atoms with van der Waals surface area (Å²) in [5.41, 5.74) is 6.22. The highest BCUT2D eigenvalue weighted by Gasteiger charge is 2.21. The molecule has 1 fully saturated rings. The molecule has 4 rings (SSSR count). The van der Waals surface area contributed by atoms with Gasteiger partial charge < -0.3 is 25.5 Å². The minimum atomic E-state index is -0.740. The molecule has 1 aliphatic rings. The van der Waals surface area contributed by atoms with Gasteiger partial charge in [-0.25, -0.2) is 9.97 Å². The number of nitrogens with one attached hydrogen (secondary N) is 2. The van der Waals surface area contributed by atoms with Crippen LogP contribution in [-0.4, -0.2) is 51.3 Å². The lowest BCUT2D eigenvalue weighted by Crippen LogP contribution is -2.25. The van der Waals surface area contributed by atoms with Gasteiger partial charge in [-0.15, -0.1) is 0 Å². The summed E-state index contributed by atoms with van der Waals surface area (Å²) in [6.07, 6.45) is 9.19. The minimum Gasteiger partial charge on any atom is -0.444 e. The zero-order valence-electron chi connectivity index (χ0n) is 18.6.